The Morgan fingerprint density at radius 1 is 1.59 bits per heavy atom. The van der Waals surface area contributed by atoms with Crippen molar-refractivity contribution in [3.63, 3.8) is 0 Å². The SMILES string of the molecule is Cc1cccn2c(CCC(=O)O)nc(C=O)c12. The van der Waals surface area contributed by atoms with Gasteiger partial charge in [-0.15, -0.1) is 0 Å². The summed E-state index contributed by atoms with van der Waals surface area (Å²) in [5.74, 6) is -0.268. The van der Waals surface area contributed by atoms with E-state index in [0.29, 0.717) is 24.2 Å². The largest absolute Gasteiger partial charge is 0.481 e. The Kier molecular flexibility index (Phi) is 2.91. The van der Waals surface area contributed by atoms with E-state index in [-0.39, 0.29) is 6.42 Å². The molecule has 0 aliphatic rings. The molecule has 0 saturated heterocycles. The van der Waals surface area contributed by atoms with Gasteiger partial charge in [0.05, 0.1) is 11.9 Å². The van der Waals surface area contributed by atoms with Crippen LogP contribution in [0.1, 0.15) is 28.3 Å². The Bertz CT molecular complexity index is 587. The molecule has 0 amide bonds. The van der Waals surface area contributed by atoms with Crippen molar-refractivity contribution < 1.29 is 14.7 Å². The maximum Gasteiger partial charge on any atom is 0.303 e. The van der Waals surface area contributed by atoms with Gasteiger partial charge in [-0.2, -0.15) is 0 Å². The minimum atomic E-state index is -0.873. The van der Waals surface area contributed by atoms with Gasteiger partial charge in [-0.1, -0.05) is 6.07 Å². The molecule has 2 aromatic heterocycles. The lowest BCUT2D eigenvalue weighted by Gasteiger charge is -2.01. The van der Waals surface area contributed by atoms with E-state index in [4.69, 9.17) is 5.11 Å². The summed E-state index contributed by atoms with van der Waals surface area (Å²) < 4.78 is 1.78. The van der Waals surface area contributed by atoms with Crippen molar-refractivity contribution in [2.75, 3.05) is 0 Å². The number of hydrogen-bond acceptors (Lipinski definition) is 3. The van der Waals surface area contributed by atoms with Gasteiger partial charge in [0.2, 0.25) is 0 Å². The van der Waals surface area contributed by atoms with Crippen LogP contribution < -0.4 is 0 Å². The van der Waals surface area contributed by atoms with Gasteiger partial charge < -0.3 is 9.51 Å². The molecule has 0 unspecified atom stereocenters. The van der Waals surface area contributed by atoms with E-state index in [2.05, 4.69) is 4.98 Å². The van der Waals surface area contributed by atoms with Crippen LogP contribution in [0.3, 0.4) is 0 Å². The van der Waals surface area contributed by atoms with Crippen LogP contribution >= 0.6 is 0 Å². The van der Waals surface area contributed by atoms with Crippen molar-refractivity contribution in [2.24, 2.45) is 0 Å². The molecule has 0 aliphatic heterocycles. The van der Waals surface area contributed by atoms with Gasteiger partial charge in [0, 0.05) is 12.6 Å². The zero-order valence-electron chi connectivity index (χ0n) is 9.38. The van der Waals surface area contributed by atoms with Gasteiger partial charge in [0.15, 0.2) is 6.29 Å². The zero-order valence-corrected chi connectivity index (χ0v) is 9.38. The van der Waals surface area contributed by atoms with Gasteiger partial charge in [0.1, 0.15) is 11.5 Å². The van der Waals surface area contributed by atoms with E-state index in [1.165, 1.54) is 0 Å². The fourth-order valence-corrected chi connectivity index (χ4v) is 1.88. The molecule has 5 heteroatoms. The molecule has 0 aromatic carbocycles. The van der Waals surface area contributed by atoms with E-state index >= 15 is 0 Å². The van der Waals surface area contributed by atoms with Crippen molar-refractivity contribution in [3.05, 3.63) is 35.4 Å². The summed E-state index contributed by atoms with van der Waals surface area (Å²) in [4.78, 5) is 25.6. The number of aliphatic carboxylic acids is 1. The highest BCUT2D eigenvalue weighted by Crippen LogP contribution is 2.17. The van der Waals surface area contributed by atoms with E-state index in [0.717, 1.165) is 11.1 Å². The van der Waals surface area contributed by atoms with Gasteiger partial charge in [-0.25, -0.2) is 4.98 Å². The first-order chi connectivity index (χ1) is 8.13. The number of carboxylic acid groups (broad SMARTS) is 1. The van der Waals surface area contributed by atoms with Crippen molar-refractivity contribution >= 4 is 17.8 Å². The number of aryl methyl sites for hydroxylation is 2. The summed E-state index contributed by atoms with van der Waals surface area (Å²) in [6.07, 6.45) is 2.81. The molecule has 0 bridgehead atoms. The lowest BCUT2D eigenvalue weighted by atomic mass is 10.2. The molecule has 0 spiro atoms. The number of pyridine rings is 1. The second kappa shape index (κ2) is 4.37. The van der Waals surface area contributed by atoms with Crippen molar-refractivity contribution in [2.45, 2.75) is 19.8 Å². The predicted molar refractivity (Wildman–Crippen MR) is 61.3 cm³/mol. The minimum Gasteiger partial charge on any atom is -0.481 e. The van der Waals surface area contributed by atoms with Crippen LogP contribution in [0.4, 0.5) is 0 Å². The van der Waals surface area contributed by atoms with Crippen LogP contribution in [0.15, 0.2) is 18.3 Å². The van der Waals surface area contributed by atoms with Crippen LogP contribution in [0.25, 0.3) is 5.52 Å². The minimum absolute atomic E-state index is 0.00531. The molecule has 5 nitrogen and oxygen atoms in total. The zero-order chi connectivity index (χ0) is 12.4. The third kappa shape index (κ3) is 2.04. The smallest absolute Gasteiger partial charge is 0.303 e. The normalized spacial score (nSPS) is 10.6. The Labute approximate surface area is 97.7 Å². The van der Waals surface area contributed by atoms with E-state index in [1.54, 1.807) is 10.6 Å². The number of aromatic nitrogens is 2. The first-order valence-electron chi connectivity index (χ1n) is 5.27. The Morgan fingerprint density at radius 3 is 3.00 bits per heavy atom. The summed E-state index contributed by atoms with van der Waals surface area (Å²) in [6, 6.07) is 3.74. The molecule has 88 valence electrons. The number of fused-ring (bicyclic) bond motifs is 1. The molecule has 1 N–H and O–H groups in total. The Morgan fingerprint density at radius 2 is 2.35 bits per heavy atom. The number of carboxylic acids is 1. The maximum absolute atomic E-state index is 10.9. The highest BCUT2D eigenvalue weighted by molar-refractivity contribution is 5.85. The molecule has 0 fully saturated rings. The first kappa shape index (κ1) is 11.3. The molecular weight excluding hydrogens is 220 g/mol. The number of carbonyl (C=O) groups is 2. The molecule has 0 saturated carbocycles. The average Bonchev–Trinajstić information content (AvgIpc) is 2.66. The van der Waals surface area contributed by atoms with Gasteiger partial charge in [-0.3, -0.25) is 9.59 Å². The van der Waals surface area contributed by atoms with E-state index in [1.807, 2.05) is 19.1 Å². The van der Waals surface area contributed by atoms with Crippen molar-refractivity contribution in [1.82, 2.24) is 9.38 Å². The van der Waals surface area contributed by atoms with Crippen LogP contribution in [0.5, 0.6) is 0 Å². The molecule has 2 aromatic rings. The van der Waals surface area contributed by atoms with Crippen molar-refractivity contribution in [3.8, 4) is 0 Å². The molecule has 2 rings (SSSR count). The Balaban J connectivity index is 2.53. The molecule has 17 heavy (non-hydrogen) atoms. The second-order valence-corrected chi connectivity index (χ2v) is 3.83. The summed E-state index contributed by atoms with van der Waals surface area (Å²) >= 11 is 0. The first-order valence-corrected chi connectivity index (χ1v) is 5.27. The third-order valence-corrected chi connectivity index (χ3v) is 2.64. The molecule has 0 radical (unpaired) electrons. The van der Waals surface area contributed by atoms with Crippen LogP contribution in [-0.2, 0) is 11.2 Å². The molecule has 0 atom stereocenters. The van der Waals surface area contributed by atoms with Gasteiger partial charge >= 0.3 is 5.97 Å². The van der Waals surface area contributed by atoms with Crippen molar-refractivity contribution in [1.29, 1.82) is 0 Å². The number of imidazole rings is 1. The average molecular weight is 232 g/mol. The lowest BCUT2D eigenvalue weighted by molar-refractivity contribution is -0.137. The topological polar surface area (TPSA) is 71.7 Å². The highest BCUT2D eigenvalue weighted by Gasteiger charge is 2.12. The maximum atomic E-state index is 10.9. The predicted octanol–water partition coefficient (Wildman–Crippen LogP) is 1.47. The van der Waals surface area contributed by atoms with Crippen LogP contribution in [0.2, 0.25) is 0 Å². The number of carbonyl (C=O) groups excluding carboxylic acids is 1. The molecular formula is C12H12N2O3. The standard InChI is InChI=1S/C12H12N2O3/c1-8-3-2-6-14-10(4-5-11(16)17)13-9(7-15)12(8)14/h2-3,6-7H,4-5H2,1H3,(H,16,17). The number of aldehydes is 1. The Hall–Kier alpha value is -2.17. The summed E-state index contributed by atoms with van der Waals surface area (Å²) in [5, 5.41) is 8.66. The molecule has 0 aliphatic carbocycles. The summed E-state index contributed by atoms with van der Waals surface area (Å²) in [6.45, 7) is 1.89. The van der Waals surface area contributed by atoms with E-state index in [9.17, 15) is 9.59 Å². The number of rotatable bonds is 4. The fraction of sp³-hybridized carbons (Fsp3) is 0.250. The quantitative estimate of drug-likeness (QED) is 0.810. The summed E-state index contributed by atoms with van der Waals surface area (Å²) in [7, 11) is 0. The van der Waals surface area contributed by atoms with Gasteiger partial charge in [0.25, 0.3) is 0 Å². The third-order valence-electron chi connectivity index (χ3n) is 2.64. The number of hydrogen-bond donors (Lipinski definition) is 1. The highest BCUT2D eigenvalue weighted by atomic mass is 16.4. The lowest BCUT2D eigenvalue weighted by Crippen LogP contribution is -2.01. The number of nitrogens with zero attached hydrogens (tertiary/aromatic N) is 2. The van der Waals surface area contributed by atoms with Gasteiger partial charge in [-0.05, 0) is 18.6 Å². The molecule has 2 heterocycles. The monoisotopic (exact) mass is 232 g/mol. The summed E-state index contributed by atoms with van der Waals surface area (Å²) in [5.41, 5.74) is 2.06. The van der Waals surface area contributed by atoms with E-state index < -0.39 is 5.97 Å². The second-order valence-electron chi connectivity index (χ2n) is 3.83. The fourth-order valence-electron chi connectivity index (χ4n) is 1.88. The van der Waals surface area contributed by atoms with Crippen LogP contribution in [-0.4, -0.2) is 26.7 Å². The van der Waals surface area contributed by atoms with Crippen LogP contribution in [0, 0.1) is 6.92 Å².